The van der Waals surface area contributed by atoms with Crippen molar-refractivity contribution in [3.63, 3.8) is 0 Å². The third-order valence-electron chi connectivity index (χ3n) is 1.64. The minimum Gasteiger partial charge on any atom is -0.427 e. The summed E-state index contributed by atoms with van der Waals surface area (Å²) in [4.78, 5) is 10.6. The minimum absolute atomic E-state index is 0.373. The second-order valence-electron chi connectivity index (χ2n) is 2.77. The maximum absolute atomic E-state index is 10.6. The zero-order valence-electron chi connectivity index (χ0n) is 7.73. The van der Waals surface area contributed by atoms with E-state index >= 15 is 0 Å². The zero-order valence-corrected chi connectivity index (χ0v) is 7.73. The topological polar surface area (TPSA) is 76.1 Å². The molecule has 0 aliphatic heterocycles. The van der Waals surface area contributed by atoms with E-state index in [1.165, 1.54) is 6.92 Å². The van der Waals surface area contributed by atoms with Crippen LogP contribution < -0.4 is 10.5 Å². The fourth-order valence-electron chi connectivity index (χ4n) is 0.984. The lowest BCUT2D eigenvalue weighted by molar-refractivity contribution is -0.131. The molecule has 2 N–H and O–H groups in total. The van der Waals surface area contributed by atoms with Crippen LogP contribution in [0.3, 0.4) is 0 Å². The molecule has 0 fully saturated rings. The van der Waals surface area contributed by atoms with Crippen LogP contribution in [0.4, 0.5) is 0 Å². The molecular formula is C10H10N2O2. The lowest BCUT2D eigenvalue weighted by atomic mass is 10.1. The molecule has 0 aromatic heterocycles. The number of ether oxygens (including phenoxy) is 1. The highest BCUT2D eigenvalue weighted by atomic mass is 16.5. The standard InChI is InChI=1S/C10H10N2O2/c1-7(13)14-9-4-2-8(3-5-9)10(12)6-11/h2-5,10H,12H2,1H3. The fraction of sp³-hybridized carbons (Fsp3) is 0.200. The monoisotopic (exact) mass is 190 g/mol. The number of nitrogens with zero attached hydrogens (tertiary/aromatic N) is 1. The summed E-state index contributed by atoms with van der Waals surface area (Å²) in [6.07, 6.45) is 0. The molecule has 14 heavy (non-hydrogen) atoms. The van der Waals surface area contributed by atoms with E-state index in [1.54, 1.807) is 24.3 Å². The Morgan fingerprint density at radius 2 is 2.07 bits per heavy atom. The van der Waals surface area contributed by atoms with Crippen molar-refractivity contribution < 1.29 is 9.53 Å². The van der Waals surface area contributed by atoms with Crippen molar-refractivity contribution in [2.45, 2.75) is 13.0 Å². The summed E-state index contributed by atoms with van der Waals surface area (Å²) >= 11 is 0. The van der Waals surface area contributed by atoms with Gasteiger partial charge in [-0.1, -0.05) is 12.1 Å². The van der Waals surface area contributed by atoms with E-state index in [0.29, 0.717) is 11.3 Å². The van der Waals surface area contributed by atoms with Crippen molar-refractivity contribution >= 4 is 5.97 Å². The molecule has 72 valence electrons. The predicted octanol–water partition coefficient (Wildman–Crippen LogP) is 1.14. The number of rotatable bonds is 2. The number of nitriles is 1. The van der Waals surface area contributed by atoms with Crippen molar-refractivity contribution in [1.29, 1.82) is 5.26 Å². The summed E-state index contributed by atoms with van der Waals surface area (Å²) in [6, 6.07) is 7.80. The highest BCUT2D eigenvalue weighted by molar-refractivity contribution is 5.69. The van der Waals surface area contributed by atoms with E-state index in [9.17, 15) is 4.79 Å². The molecule has 1 aromatic carbocycles. The first kappa shape index (κ1) is 10.2. The van der Waals surface area contributed by atoms with Crippen LogP contribution >= 0.6 is 0 Å². The average molecular weight is 190 g/mol. The van der Waals surface area contributed by atoms with Gasteiger partial charge in [0.05, 0.1) is 6.07 Å². The van der Waals surface area contributed by atoms with Gasteiger partial charge in [0.2, 0.25) is 0 Å². The molecule has 0 aliphatic carbocycles. The van der Waals surface area contributed by atoms with Gasteiger partial charge in [0.1, 0.15) is 11.8 Å². The van der Waals surface area contributed by atoms with Gasteiger partial charge in [-0.25, -0.2) is 0 Å². The van der Waals surface area contributed by atoms with Gasteiger partial charge >= 0.3 is 5.97 Å². The van der Waals surface area contributed by atoms with Gasteiger partial charge in [-0.15, -0.1) is 0 Å². The number of nitrogens with two attached hydrogens (primary N) is 1. The predicted molar refractivity (Wildman–Crippen MR) is 50.3 cm³/mol. The number of benzene rings is 1. The fourth-order valence-corrected chi connectivity index (χ4v) is 0.984. The minimum atomic E-state index is -0.638. The molecular weight excluding hydrogens is 180 g/mol. The molecule has 0 amide bonds. The third-order valence-corrected chi connectivity index (χ3v) is 1.64. The van der Waals surface area contributed by atoms with E-state index in [4.69, 9.17) is 15.7 Å². The van der Waals surface area contributed by atoms with Crippen molar-refractivity contribution in [2.75, 3.05) is 0 Å². The Labute approximate surface area is 81.9 Å². The Bertz CT molecular complexity index is 365. The molecule has 0 saturated carbocycles. The third kappa shape index (κ3) is 2.57. The molecule has 0 bridgehead atoms. The summed E-state index contributed by atoms with van der Waals surface area (Å²) in [6.45, 7) is 1.33. The molecule has 4 heteroatoms. The van der Waals surface area contributed by atoms with Crippen LogP contribution in [0, 0.1) is 11.3 Å². The maximum Gasteiger partial charge on any atom is 0.308 e. The number of hydrogen-bond acceptors (Lipinski definition) is 4. The smallest absolute Gasteiger partial charge is 0.308 e. The Hall–Kier alpha value is -1.86. The lowest BCUT2D eigenvalue weighted by Crippen LogP contribution is -2.07. The van der Waals surface area contributed by atoms with Crippen molar-refractivity contribution in [2.24, 2.45) is 5.73 Å². The second kappa shape index (κ2) is 4.40. The van der Waals surface area contributed by atoms with Crippen LogP contribution in [0.5, 0.6) is 5.75 Å². The molecule has 1 aromatic rings. The highest BCUT2D eigenvalue weighted by Crippen LogP contribution is 2.15. The van der Waals surface area contributed by atoms with Gasteiger partial charge in [-0.2, -0.15) is 5.26 Å². The van der Waals surface area contributed by atoms with Crippen LogP contribution in [0.15, 0.2) is 24.3 Å². The van der Waals surface area contributed by atoms with Gasteiger partial charge < -0.3 is 10.5 Å². The maximum atomic E-state index is 10.6. The normalized spacial score (nSPS) is 11.5. The number of carbonyl (C=O) groups is 1. The Morgan fingerprint density at radius 1 is 1.50 bits per heavy atom. The number of esters is 1. The van der Waals surface area contributed by atoms with E-state index in [-0.39, 0.29) is 5.97 Å². The van der Waals surface area contributed by atoms with Crippen molar-refractivity contribution in [3.8, 4) is 11.8 Å². The first-order valence-electron chi connectivity index (χ1n) is 4.07. The zero-order chi connectivity index (χ0) is 10.6. The van der Waals surface area contributed by atoms with E-state index < -0.39 is 6.04 Å². The summed E-state index contributed by atoms with van der Waals surface area (Å²) in [5, 5.41) is 8.54. The van der Waals surface area contributed by atoms with E-state index in [0.717, 1.165) is 0 Å². The van der Waals surface area contributed by atoms with Gasteiger partial charge in [-0.05, 0) is 17.7 Å². The van der Waals surface area contributed by atoms with Crippen LogP contribution in [0.25, 0.3) is 0 Å². The van der Waals surface area contributed by atoms with E-state index in [2.05, 4.69) is 0 Å². The molecule has 0 aliphatic rings. The average Bonchev–Trinajstić information content (AvgIpc) is 2.17. The van der Waals surface area contributed by atoms with Gasteiger partial charge in [0.15, 0.2) is 0 Å². The molecule has 0 saturated heterocycles. The van der Waals surface area contributed by atoms with Crippen LogP contribution in [-0.4, -0.2) is 5.97 Å². The molecule has 4 nitrogen and oxygen atoms in total. The second-order valence-corrected chi connectivity index (χ2v) is 2.77. The summed E-state index contributed by atoms with van der Waals surface area (Å²) < 4.78 is 4.82. The van der Waals surface area contributed by atoms with Gasteiger partial charge in [-0.3, -0.25) is 4.79 Å². The molecule has 0 heterocycles. The Balaban J connectivity index is 2.79. The summed E-state index contributed by atoms with van der Waals surface area (Å²) in [7, 11) is 0. The SMILES string of the molecule is CC(=O)Oc1ccc(C(N)C#N)cc1. The lowest BCUT2D eigenvalue weighted by Gasteiger charge is -2.04. The highest BCUT2D eigenvalue weighted by Gasteiger charge is 2.04. The quantitative estimate of drug-likeness (QED) is 0.560. The first-order valence-corrected chi connectivity index (χ1v) is 4.07. The molecule has 0 spiro atoms. The number of carbonyl (C=O) groups excluding carboxylic acids is 1. The molecule has 1 atom stereocenters. The van der Waals surface area contributed by atoms with Crippen LogP contribution in [-0.2, 0) is 4.79 Å². The van der Waals surface area contributed by atoms with E-state index in [1.807, 2.05) is 6.07 Å². The van der Waals surface area contributed by atoms with Gasteiger partial charge in [0.25, 0.3) is 0 Å². The summed E-state index contributed by atoms with van der Waals surface area (Å²) in [5.41, 5.74) is 6.17. The molecule has 0 radical (unpaired) electrons. The molecule has 1 rings (SSSR count). The number of hydrogen-bond donors (Lipinski definition) is 1. The van der Waals surface area contributed by atoms with Crippen LogP contribution in [0.1, 0.15) is 18.5 Å². The van der Waals surface area contributed by atoms with Crippen molar-refractivity contribution in [1.82, 2.24) is 0 Å². The Kier molecular flexibility index (Phi) is 3.21. The van der Waals surface area contributed by atoms with Gasteiger partial charge in [0, 0.05) is 6.92 Å². The summed E-state index contributed by atoms with van der Waals surface area (Å²) in [5.74, 6) is 0.0775. The van der Waals surface area contributed by atoms with Crippen LogP contribution in [0.2, 0.25) is 0 Å². The molecule has 1 unspecified atom stereocenters. The van der Waals surface area contributed by atoms with Crippen molar-refractivity contribution in [3.05, 3.63) is 29.8 Å². The largest absolute Gasteiger partial charge is 0.427 e. The Morgan fingerprint density at radius 3 is 2.50 bits per heavy atom. The first-order chi connectivity index (χ1) is 6.63.